The summed E-state index contributed by atoms with van der Waals surface area (Å²) < 4.78 is 0. The van der Waals surface area contributed by atoms with Crippen LogP contribution in [0.3, 0.4) is 0 Å². The van der Waals surface area contributed by atoms with E-state index in [2.05, 4.69) is 4.99 Å². The predicted octanol–water partition coefficient (Wildman–Crippen LogP) is -0.128. The van der Waals surface area contributed by atoms with Crippen molar-refractivity contribution < 1.29 is 9.90 Å². The molecule has 0 heterocycles. The van der Waals surface area contributed by atoms with Crippen molar-refractivity contribution in [3.63, 3.8) is 0 Å². The van der Waals surface area contributed by atoms with Gasteiger partial charge in [-0.1, -0.05) is 6.07 Å². The summed E-state index contributed by atoms with van der Waals surface area (Å²) in [4.78, 5) is 14.7. The zero-order valence-electron chi connectivity index (χ0n) is 8.34. The van der Waals surface area contributed by atoms with Gasteiger partial charge >= 0.3 is 0 Å². The number of amides is 1. The lowest BCUT2D eigenvalue weighted by Crippen LogP contribution is -2.24. The Balaban J connectivity index is 3.13. The molecule has 0 atom stereocenters. The third kappa shape index (κ3) is 2.72. The molecule has 16 heavy (non-hydrogen) atoms. The molecule has 1 aromatic rings. The van der Waals surface area contributed by atoms with Gasteiger partial charge in [-0.3, -0.25) is 4.79 Å². The third-order valence-corrected chi connectivity index (χ3v) is 1.81. The highest BCUT2D eigenvalue weighted by Gasteiger charge is 2.11. The van der Waals surface area contributed by atoms with Crippen LogP contribution >= 0.6 is 0 Å². The topological polar surface area (TPSA) is 125 Å². The normalized spacial score (nSPS) is 9.19. The number of nitrogens with two attached hydrogens (primary N) is 2. The van der Waals surface area contributed by atoms with Crippen molar-refractivity contribution in [2.24, 2.45) is 16.5 Å². The highest BCUT2D eigenvalue weighted by molar-refractivity contribution is 6.03. The molecule has 1 rings (SSSR count). The number of aliphatic imine (C=N–C) groups is 1. The summed E-state index contributed by atoms with van der Waals surface area (Å²) in [6.45, 7) is 0. The van der Waals surface area contributed by atoms with Crippen LogP contribution in [0, 0.1) is 11.3 Å². The first-order valence-electron chi connectivity index (χ1n) is 4.37. The van der Waals surface area contributed by atoms with Crippen molar-refractivity contribution >= 4 is 11.9 Å². The molecule has 6 nitrogen and oxygen atoms in total. The molecule has 6 heteroatoms. The van der Waals surface area contributed by atoms with E-state index < -0.39 is 5.91 Å². The monoisotopic (exact) mass is 218 g/mol. The minimum absolute atomic E-state index is 0.0267. The van der Waals surface area contributed by atoms with Gasteiger partial charge in [-0.05, 0) is 17.7 Å². The van der Waals surface area contributed by atoms with Gasteiger partial charge in [0.25, 0.3) is 5.91 Å². The van der Waals surface area contributed by atoms with Crippen molar-refractivity contribution in [3.8, 4) is 11.8 Å². The zero-order valence-corrected chi connectivity index (χ0v) is 8.34. The molecular weight excluding hydrogens is 208 g/mol. The summed E-state index contributed by atoms with van der Waals surface area (Å²) in [5.74, 6) is -1.34. The molecule has 1 amide bonds. The van der Waals surface area contributed by atoms with Crippen molar-refractivity contribution in [2.75, 3.05) is 0 Å². The van der Waals surface area contributed by atoms with Crippen LogP contribution in [0.2, 0.25) is 0 Å². The standard InChI is InChI=1S/C10H10N4O2/c11-4-3-6-1-2-8(15)7(5-6)9(16)14-10(12)13/h1-2,5,15H,3H2,(H4,12,13,14,16). The summed E-state index contributed by atoms with van der Waals surface area (Å²) in [6.07, 6.45) is 0.141. The smallest absolute Gasteiger partial charge is 0.283 e. The highest BCUT2D eigenvalue weighted by Crippen LogP contribution is 2.19. The molecule has 0 unspecified atom stereocenters. The van der Waals surface area contributed by atoms with E-state index in [1.807, 2.05) is 6.07 Å². The lowest BCUT2D eigenvalue weighted by Gasteiger charge is -2.02. The molecule has 5 N–H and O–H groups in total. The Bertz CT molecular complexity index is 484. The van der Waals surface area contributed by atoms with Gasteiger partial charge in [-0.2, -0.15) is 10.3 Å². The van der Waals surface area contributed by atoms with Crippen molar-refractivity contribution in [1.29, 1.82) is 5.26 Å². The average molecular weight is 218 g/mol. The van der Waals surface area contributed by atoms with E-state index in [1.54, 1.807) is 6.07 Å². The molecule has 0 saturated heterocycles. The number of benzene rings is 1. The maximum absolute atomic E-state index is 11.4. The lowest BCUT2D eigenvalue weighted by atomic mass is 10.1. The summed E-state index contributed by atoms with van der Waals surface area (Å²) in [5.41, 5.74) is 10.7. The maximum atomic E-state index is 11.4. The first kappa shape index (κ1) is 11.5. The second-order valence-electron chi connectivity index (χ2n) is 3.03. The van der Waals surface area contributed by atoms with E-state index in [-0.39, 0.29) is 23.7 Å². The summed E-state index contributed by atoms with van der Waals surface area (Å²) in [6, 6.07) is 6.18. The van der Waals surface area contributed by atoms with Crippen LogP contribution in [-0.2, 0) is 6.42 Å². The fourth-order valence-corrected chi connectivity index (χ4v) is 1.13. The van der Waals surface area contributed by atoms with Crippen LogP contribution in [0.5, 0.6) is 5.75 Å². The molecule has 0 bridgehead atoms. The summed E-state index contributed by atoms with van der Waals surface area (Å²) in [7, 11) is 0. The van der Waals surface area contributed by atoms with Gasteiger partial charge in [-0.25, -0.2) is 0 Å². The SMILES string of the molecule is N#CCc1ccc(O)c(C(=O)N=C(N)N)c1. The van der Waals surface area contributed by atoms with E-state index >= 15 is 0 Å². The van der Waals surface area contributed by atoms with Crippen LogP contribution in [0.15, 0.2) is 23.2 Å². The molecule has 1 aromatic carbocycles. The molecule has 0 aliphatic carbocycles. The molecule has 0 spiro atoms. The summed E-state index contributed by atoms with van der Waals surface area (Å²) >= 11 is 0. The minimum atomic E-state index is -0.739. The molecule has 0 aliphatic heterocycles. The number of hydrogen-bond donors (Lipinski definition) is 3. The zero-order chi connectivity index (χ0) is 12.1. The number of carbonyl (C=O) groups is 1. The molecule has 0 saturated carbocycles. The van der Waals surface area contributed by atoms with Gasteiger partial charge in [-0.15, -0.1) is 0 Å². The molecule has 0 aliphatic rings. The fraction of sp³-hybridized carbons (Fsp3) is 0.100. The molecule has 0 radical (unpaired) electrons. The second kappa shape index (κ2) is 4.79. The number of nitriles is 1. The van der Waals surface area contributed by atoms with Gasteiger partial charge in [0, 0.05) is 0 Å². The van der Waals surface area contributed by atoms with Gasteiger partial charge < -0.3 is 16.6 Å². The van der Waals surface area contributed by atoms with E-state index in [1.165, 1.54) is 12.1 Å². The number of nitrogens with zero attached hydrogens (tertiary/aromatic N) is 2. The quantitative estimate of drug-likeness (QED) is 0.471. The Morgan fingerprint density at radius 2 is 2.19 bits per heavy atom. The third-order valence-electron chi connectivity index (χ3n) is 1.81. The number of phenols is 1. The second-order valence-corrected chi connectivity index (χ2v) is 3.03. The lowest BCUT2D eigenvalue weighted by molar-refractivity contribution is 0.1000. The van der Waals surface area contributed by atoms with Crippen molar-refractivity contribution in [2.45, 2.75) is 6.42 Å². The van der Waals surface area contributed by atoms with Gasteiger partial charge in [0.2, 0.25) is 0 Å². The van der Waals surface area contributed by atoms with Crippen LogP contribution in [0.4, 0.5) is 0 Å². The Morgan fingerprint density at radius 3 is 2.75 bits per heavy atom. The Labute approximate surface area is 91.8 Å². The van der Waals surface area contributed by atoms with Crippen LogP contribution in [0.25, 0.3) is 0 Å². The van der Waals surface area contributed by atoms with Crippen LogP contribution in [-0.4, -0.2) is 17.0 Å². The molecule has 0 fully saturated rings. The number of aromatic hydroxyl groups is 1. The highest BCUT2D eigenvalue weighted by atomic mass is 16.3. The number of carbonyl (C=O) groups excluding carboxylic acids is 1. The van der Waals surface area contributed by atoms with E-state index in [4.69, 9.17) is 16.7 Å². The fourth-order valence-electron chi connectivity index (χ4n) is 1.13. The van der Waals surface area contributed by atoms with Crippen molar-refractivity contribution in [1.82, 2.24) is 0 Å². The van der Waals surface area contributed by atoms with E-state index in [9.17, 15) is 9.90 Å². The summed E-state index contributed by atoms with van der Waals surface area (Å²) in [5, 5.41) is 17.9. The van der Waals surface area contributed by atoms with E-state index in [0.717, 1.165) is 0 Å². The number of phenolic OH excluding ortho intramolecular Hbond substituents is 1. The van der Waals surface area contributed by atoms with Crippen LogP contribution < -0.4 is 11.5 Å². The average Bonchev–Trinajstić information content (AvgIpc) is 2.20. The Kier molecular flexibility index (Phi) is 3.45. The van der Waals surface area contributed by atoms with Gasteiger partial charge in [0.05, 0.1) is 18.1 Å². The predicted molar refractivity (Wildman–Crippen MR) is 57.6 cm³/mol. The Hall–Kier alpha value is -2.55. The Morgan fingerprint density at radius 1 is 1.50 bits per heavy atom. The number of guanidine groups is 1. The molecular formula is C10H10N4O2. The van der Waals surface area contributed by atoms with Gasteiger partial charge in [0.1, 0.15) is 5.75 Å². The number of rotatable bonds is 2. The largest absolute Gasteiger partial charge is 0.507 e. The maximum Gasteiger partial charge on any atom is 0.283 e. The minimum Gasteiger partial charge on any atom is -0.507 e. The van der Waals surface area contributed by atoms with Crippen LogP contribution in [0.1, 0.15) is 15.9 Å². The van der Waals surface area contributed by atoms with Gasteiger partial charge in [0.15, 0.2) is 5.96 Å². The van der Waals surface area contributed by atoms with Crippen molar-refractivity contribution in [3.05, 3.63) is 29.3 Å². The molecule has 82 valence electrons. The molecule has 0 aromatic heterocycles. The first-order chi connectivity index (χ1) is 7.54. The first-order valence-corrected chi connectivity index (χ1v) is 4.37. The van der Waals surface area contributed by atoms with E-state index in [0.29, 0.717) is 5.56 Å². The number of hydrogen-bond acceptors (Lipinski definition) is 3.